The summed E-state index contributed by atoms with van der Waals surface area (Å²) in [4.78, 5) is 33.6. The van der Waals surface area contributed by atoms with E-state index in [1.165, 1.54) is 0 Å². The number of anilines is 1. The van der Waals surface area contributed by atoms with Crippen molar-refractivity contribution >= 4 is 23.7 Å². The second-order valence-electron chi connectivity index (χ2n) is 5.17. The van der Waals surface area contributed by atoms with E-state index in [9.17, 15) is 14.4 Å². The number of carbonyl (C=O) groups excluding carboxylic acids is 1. The lowest BCUT2D eigenvalue weighted by molar-refractivity contribution is -0.140. The van der Waals surface area contributed by atoms with Crippen LogP contribution < -0.4 is 16.4 Å². The molecule has 2 amide bonds. The Morgan fingerprint density at radius 3 is 2.36 bits per heavy atom. The van der Waals surface area contributed by atoms with Crippen LogP contribution in [0.2, 0.25) is 0 Å². The summed E-state index contributed by atoms with van der Waals surface area (Å²) in [6.07, 6.45) is 0. The lowest BCUT2D eigenvalue weighted by Gasteiger charge is -2.08. The Bertz CT molecular complexity index is 577. The lowest BCUT2D eigenvalue weighted by atomic mass is 10.1. The molecule has 2 rings (SSSR count). The van der Waals surface area contributed by atoms with Crippen LogP contribution in [-0.2, 0) is 9.59 Å². The van der Waals surface area contributed by atoms with E-state index >= 15 is 0 Å². The van der Waals surface area contributed by atoms with Gasteiger partial charge in [-0.3, -0.25) is 9.59 Å². The molecule has 1 aliphatic carbocycles. The van der Waals surface area contributed by atoms with Crippen LogP contribution in [0.1, 0.15) is 0 Å². The number of carboxylic acids is 2. The van der Waals surface area contributed by atoms with Gasteiger partial charge in [-0.1, -0.05) is 18.2 Å². The predicted molar refractivity (Wildman–Crippen MR) is 77.2 cm³/mol. The van der Waals surface area contributed by atoms with Crippen molar-refractivity contribution in [3.63, 3.8) is 0 Å². The average molecular weight is 307 g/mol. The number of hydrogen-bond donors (Lipinski definition) is 5. The fraction of sp³-hybridized carbons (Fsp3) is 0.357. The number of amides is 2. The van der Waals surface area contributed by atoms with Gasteiger partial charge in [-0.15, -0.1) is 0 Å². The van der Waals surface area contributed by atoms with Gasteiger partial charge >= 0.3 is 18.0 Å². The highest BCUT2D eigenvalue weighted by Crippen LogP contribution is 2.47. The van der Waals surface area contributed by atoms with E-state index in [1.807, 2.05) is 6.07 Å². The minimum atomic E-state index is -1.25. The van der Waals surface area contributed by atoms with Crippen LogP contribution >= 0.6 is 0 Å². The summed E-state index contributed by atoms with van der Waals surface area (Å²) in [5.41, 5.74) is 6.08. The minimum Gasteiger partial charge on any atom is -0.481 e. The molecule has 0 unspecified atom stereocenters. The fourth-order valence-corrected chi connectivity index (χ4v) is 2.57. The number of nitrogens with one attached hydrogen (secondary N) is 2. The molecule has 1 saturated carbocycles. The number of nitrogens with two attached hydrogens (primary N) is 1. The van der Waals surface area contributed by atoms with Crippen molar-refractivity contribution in [1.29, 1.82) is 0 Å². The summed E-state index contributed by atoms with van der Waals surface area (Å²) in [6, 6.07) is 7.02. The van der Waals surface area contributed by atoms with Crippen LogP contribution in [0.15, 0.2) is 30.3 Å². The molecule has 22 heavy (non-hydrogen) atoms. The molecule has 1 fully saturated rings. The van der Waals surface area contributed by atoms with Crippen molar-refractivity contribution in [1.82, 2.24) is 5.32 Å². The molecule has 0 radical (unpaired) electrons. The van der Waals surface area contributed by atoms with E-state index in [2.05, 4.69) is 10.6 Å². The number of para-hydroxylation sites is 1. The SMILES string of the molecule is N[C@@H](C(=O)O)[C@H]1[C@H](CNC(=O)Nc2ccccc2)[C@H]1C(=O)O. The maximum atomic E-state index is 11.7. The smallest absolute Gasteiger partial charge is 0.320 e. The fourth-order valence-electron chi connectivity index (χ4n) is 2.57. The Morgan fingerprint density at radius 2 is 1.82 bits per heavy atom. The molecule has 8 heteroatoms. The zero-order valence-electron chi connectivity index (χ0n) is 11.6. The minimum absolute atomic E-state index is 0.0568. The third-order valence-electron chi connectivity index (χ3n) is 3.74. The predicted octanol–water partition coefficient (Wildman–Crippen LogP) is 0.167. The summed E-state index contributed by atoms with van der Waals surface area (Å²) in [6.45, 7) is 0.0568. The molecule has 118 valence electrons. The van der Waals surface area contributed by atoms with Gasteiger partial charge in [-0.2, -0.15) is 0 Å². The first kappa shape index (κ1) is 15.8. The average Bonchev–Trinajstić information content (AvgIpc) is 3.19. The second-order valence-corrected chi connectivity index (χ2v) is 5.17. The van der Waals surface area contributed by atoms with Gasteiger partial charge in [-0.05, 0) is 18.1 Å². The van der Waals surface area contributed by atoms with Gasteiger partial charge in [-0.25, -0.2) is 4.79 Å². The Labute approximate surface area is 126 Å². The summed E-state index contributed by atoms with van der Waals surface area (Å²) < 4.78 is 0. The molecule has 8 nitrogen and oxygen atoms in total. The van der Waals surface area contributed by atoms with Crippen molar-refractivity contribution in [3.8, 4) is 0 Å². The third-order valence-corrected chi connectivity index (χ3v) is 3.74. The van der Waals surface area contributed by atoms with E-state index < -0.39 is 41.8 Å². The summed E-state index contributed by atoms with van der Waals surface area (Å²) >= 11 is 0. The van der Waals surface area contributed by atoms with Crippen molar-refractivity contribution in [2.24, 2.45) is 23.5 Å². The van der Waals surface area contributed by atoms with Crippen molar-refractivity contribution in [3.05, 3.63) is 30.3 Å². The molecule has 0 aliphatic heterocycles. The molecule has 1 aliphatic rings. The van der Waals surface area contributed by atoms with Crippen molar-refractivity contribution in [2.45, 2.75) is 6.04 Å². The molecule has 0 heterocycles. The highest BCUT2D eigenvalue weighted by Gasteiger charge is 2.59. The largest absolute Gasteiger partial charge is 0.481 e. The summed E-state index contributed by atoms with van der Waals surface area (Å²) in [7, 11) is 0. The van der Waals surface area contributed by atoms with Gasteiger partial charge in [0, 0.05) is 18.2 Å². The normalized spacial score (nSPS) is 24.1. The quantitative estimate of drug-likeness (QED) is 0.507. The van der Waals surface area contributed by atoms with Crippen molar-refractivity contribution in [2.75, 3.05) is 11.9 Å². The molecule has 1 aromatic carbocycles. The lowest BCUT2D eigenvalue weighted by Crippen LogP contribution is -2.35. The maximum absolute atomic E-state index is 11.7. The first-order valence-electron chi connectivity index (χ1n) is 6.73. The number of carboxylic acid groups (broad SMARTS) is 2. The van der Waals surface area contributed by atoms with Crippen LogP contribution in [0.5, 0.6) is 0 Å². The Morgan fingerprint density at radius 1 is 1.18 bits per heavy atom. The third kappa shape index (κ3) is 3.53. The van der Waals surface area contributed by atoms with E-state index in [4.69, 9.17) is 15.9 Å². The molecule has 0 bridgehead atoms. The highest BCUT2D eigenvalue weighted by molar-refractivity contribution is 5.89. The van der Waals surface area contributed by atoms with Gasteiger partial charge in [0.15, 0.2) is 0 Å². The van der Waals surface area contributed by atoms with Gasteiger partial charge < -0.3 is 26.6 Å². The van der Waals surface area contributed by atoms with E-state index in [1.54, 1.807) is 24.3 Å². The molecular formula is C14H17N3O5. The zero-order chi connectivity index (χ0) is 16.3. The first-order chi connectivity index (χ1) is 10.4. The molecule has 4 atom stereocenters. The molecule has 1 aromatic rings. The van der Waals surface area contributed by atoms with Crippen LogP contribution in [0, 0.1) is 17.8 Å². The number of urea groups is 1. The molecule has 0 aromatic heterocycles. The topological polar surface area (TPSA) is 142 Å². The van der Waals surface area contributed by atoms with E-state index in [-0.39, 0.29) is 6.54 Å². The number of carbonyl (C=O) groups is 3. The van der Waals surface area contributed by atoms with Crippen LogP contribution in [-0.4, -0.2) is 40.8 Å². The molecule has 0 spiro atoms. The van der Waals surface area contributed by atoms with Gasteiger partial charge in [0.05, 0.1) is 5.92 Å². The van der Waals surface area contributed by atoms with Crippen LogP contribution in [0.25, 0.3) is 0 Å². The van der Waals surface area contributed by atoms with Crippen LogP contribution in [0.3, 0.4) is 0 Å². The van der Waals surface area contributed by atoms with E-state index in [0.717, 1.165) is 0 Å². The Kier molecular flexibility index (Phi) is 4.62. The van der Waals surface area contributed by atoms with Gasteiger partial charge in [0.2, 0.25) is 0 Å². The van der Waals surface area contributed by atoms with Gasteiger partial charge in [0.25, 0.3) is 0 Å². The summed E-state index contributed by atoms with van der Waals surface area (Å²) in [5.74, 6) is -4.34. The molecular weight excluding hydrogens is 290 g/mol. The van der Waals surface area contributed by atoms with E-state index in [0.29, 0.717) is 5.69 Å². The van der Waals surface area contributed by atoms with Gasteiger partial charge in [0.1, 0.15) is 6.04 Å². The standard InChI is InChI=1S/C14H17N3O5/c15-11(13(20)21)9-8(10(9)12(18)19)6-16-14(22)17-7-4-2-1-3-5-7/h1-5,8-11H,6,15H2,(H,18,19)(H,20,21)(H2,16,17,22)/t8-,9-,10+,11+/m0/s1. The number of rotatable bonds is 6. The number of benzene rings is 1. The Balaban J connectivity index is 1.86. The van der Waals surface area contributed by atoms with Crippen LogP contribution in [0.4, 0.5) is 10.5 Å². The molecule has 0 saturated heterocycles. The Hall–Kier alpha value is -2.61. The monoisotopic (exact) mass is 307 g/mol. The highest BCUT2D eigenvalue weighted by atomic mass is 16.4. The van der Waals surface area contributed by atoms with Crippen molar-refractivity contribution < 1.29 is 24.6 Å². The maximum Gasteiger partial charge on any atom is 0.320 e. The first-order valence-corrected chi connectivity index (χ1v) is 6.73. The number of aliphatic carboxylic acids is 2. The summed E-state index contributed by atoms with van der Waals surface area (Å²) in [5, 5.41) is 23.0. The number of hydrogen-bond acceptors (Lipinski definition) is 4. The zero-order valence-corrected chi connectivity index (χ0v) is 11.6. The molecule has 6 N–H and O–H groups in total. The second kappa shape index (κ2) is 6.44.